The Kier molecular flexibility index (Phi) is 7.51. The molecule has 1 aromatic rings. The Hall–Kier alpha value is -2.12. The number of morpholine rings is 1. The standard InChI is InChI=1S/C17H25N3O4/c1-23-15-4-2-14(3-5-15)6-7-18-16(21)17(22)19-8-9-20-10-12-24-13-11-20/h2-5H,6-13H2,1H3,(H,18,21)(H,19,22). The number of carbonyl (C=O) groups is 2. The molecule has 2 N–H and O–H groups in total. The summed E-state index contributed by atoms with van der Waals surface area (Å²) >= 11 is 0. The highest BCUT2D eigenvalue weighted by Gasteiger charge is 2.14. The number of rotatable bonds is 7. The summed E-state index contributed by atoms with van der Waals surface area (Å²) in [5, 5.41) is 5.28. The molecule has 0 saturated carbocycles. The highest BCUT2D eigenvalue weighted by atomic mass is 16.5. The topological polar surface area (TPSA) is 79.9 Å². The van der Waals surface area contributed by atoms with Gasteiger partial charge in [0, 0.05) is 32.7 Å². The minimum absolute atomic E-state index is 0.419. The molecule has 1 saturated heterocycles. The lowest BCUT2D eigenvalue weighted by molar-refractivity contribution is -0.139. The van der Waals surface area contributed by atoms with Gasteiger partial charge in [0.1, 0.15) is 5.75 Å². The number of amides is 2. The van der Waals surface area contributed by atoms with E-state index in [2.05, 4.69) is 15.5 Å². The van der Waals surface area contributed by atoms with Crippen LogP contribution >= 0.6 is 0 Å². The number of ether oxygens (including phenoxy) is 2. The van der Waals surface area contributed by atoms with Gasteiger partial charge in [0.2, 0.25) is 0 Å². The zero-order valence-corrected chi connectivity index (χ0v) is 14.0. The molecule has 0 aliphatic carbocycles. The smallest absolute Gasteiger partial charge is 0.309 e. The number of benzene rings is 1. The molecule has 2 rings (SSSR count). The third-order valence-electron chi connectivity index (χ3n) is 3.88. The maximum Gasteiger partial charge on any atom is 0.309 e. The second kappa shape index (κ2) is 9.89. The Bertz CT molecular complexity index is 527. The van der Waals surface area contributed by atoms with Crippen molar-refractivity contribution < 1.29 is 19.1 Å². The van der Waals surface area contributed by atoms with E-state index in [4.69, 9.17) is 9.47 Å². The highest BCUT2D eigenvalue weighted by Crippen LogP contribution is 2.11. The summed E-state index contributed by atoms with van der Waals surface area (Å²) in [5.41, 5.74) is 1.07. The summed E-state index contributed by atoms with van der Waals surface area (Å²) in [5.74, 6) is -0.383. The molecule has 0 radical (unpaired) electrons. The van der Waals surface area contributed by atoms with Gasteiger partial charge in [-0.2, -0.15) is 0 Å². The number of hydrogen-bond donors (Lipinski definition) is 2. The summed E-state index contributed by atoms with van der Waals surface area (Å²) < 4.78 is 10.4. The lowest BCUT2D eigenvalue weighted by atomic mass is 10.1. The van der Waals surface area contributed by atoms with Crippen molar-refractivity contribution >= 4 is 11.8 Å². The van der Waals surface area contributed by atoms with E-state index in [1.807, 2.05) is 24.3 Å². The number of methoxy groups -OCH3 is 1. The van der Waals surface area contributed by atoms with Crippen molar-refractivity contribution in [3.8, 4) is 5.75 Å². The first-order valence-electron chi connectivity index (χ1n) is 8.18. The highest BCUT2D eigenvalue weighted by molar-refractivity contribution is 6.35. The fraction of sp³-hybridized carbons (Fsp3) is 0.529. The second-order valence-corrected chi connectivity index (χ2v) is 5.56. The maximum absolute atomic E-state index is 11.7. The van der Waals surface area contributed by atoms with Crippen LogP contribution in [-0.2, 0) is 20.7 Å². The van der Waals surface area contributed by atoms with Crippen molar-refractivity contribution in [2.45, 2.75) is 6.42 Å². The zero-order chi connectivity index (χ0) is 17.2. The van der Waals surface area contributed by atoms with Crippen molar-refractivity contribution in [3.05, 3.63) is 29.8 Å². The van der Waals surface area contributed by atoms with Crippen molar-refractivity contribution in [2.24, 2.45) is 0 Å². The van der Waals surface area contributed by atoms with E-state index in [9.17, 15) is 9.59 Å². The third-order valence-corrected chi connectivity index (χ3v) is 3.88. The Labute approximate surface area is 142 Å². The van der Waals surface area contributed by atoms with Crippen molar-refractivity contribution in [1.82, 2.24) is 15.5 Å². The predicted molar refractivity (Wildman–Crippen MR) is 90.0 cm³/mol. The molecule has 7 nitrogen and oxygen atoms in total. The van der Waals surface area contributed by atoms with Crippen LogP contribution in [0.25, 0.3) is 0 Å². The molecule has 1 fully saturated rings. The molecule has 1 aliphatic heterocycles. The Morgan fingerprint density at radius 1 is 1.08 bits per heavy atom. The number of nitrogens with zero attached hydrogens (tertiary/aromatic N) is 1. The van der Waals surface area contributed by atoms with Crippen LogP contribution in [0.15, 0.2) is 24.3 Å². The second-order valence-electron chi connectivity index (χ2n) is 5.56. The quantitative estimate of drug-likeness (QED) is 0.675. The molecule has 0 aromatic heterocycles. The normalized spacial score (nSPS) is 14.9. The van der Waals surface area contributed by atoms with E-state index in [-0.39, 0.29) is 0 Å². The van der Waals surface area contributed by atoms with Crippen LogP contribution in [0.1, 0.15) is 5.56 Å². The molecule has 132 valence electrons. The summed E-state index contributed by atoms with van der Waals surface area (Å²) in [6.45, 7) is 4.79. The van der Waals surface area contributed by atoms with Crippen LogP contribution in [0.5, 0.6) is 5.75 Å². The average Bonchev–Trinajstić information content (AvgIpc) is 2.63. The van der Waals surface area contributed by atoms with Crippen LogP contribution in [0.2, 0.25) is 0 Å². The van der Waals surface area contributed by atoms with Gasteiger partial charge in [0.05, 0.1) is 20.3 Å². The molecule has 24 heavy (non-hydrogen) atoms. The zero-order valence-electron chi connectivity index (χ0n) is 14.0. The molecular formula is C17H25N3O4. The van der Waals surface area contributed by atoms with Gasteiger partial charge in [-0.25, -0.2) is 0 Å². The number of carbonyl (C=O) groups excluding carboxylic acids is 2. The van der Waals surface area contributed by atoms with E-state index in [0.29, 0.717) is 19.5 Å². The monoisotopic (exact) mass is 335 g/mol. The molecule has 0 spiro atoms. The first kappa shape index (κ1) is 18.2. The molecular weight excluding hydrogens is 310 g/mol. The van der Waals surface area contributed by atoms with Crippen LogP contribution in [0.3, 0.4) is 0 Å². The van der Waals surface area contributed by atoms with E-state index in [1.54, 1.807) is 7.11 Å². The fourth-order valence-corrected chi connectivity index (χ4v) is 2.43. The van der Waals surface area contributed by atoms with Crippen LogP contribution < -0.4 is 15.4 Å². The number of hydrogen-bond acceptors (Lipinski definition) is 5. The van der Waals surface area contributed by atoms with Crippen LogP contribution in [-0.4, -0.2) is 69.8 Å². The van der Waals surface area contributed by atoms with Crippen molar-refractivity contribution in [3.63, 3.8) is 0 Å². The summed E-state index contributed by atoms with van der Waals surface area (Å²) in [4.78, 5) is 25.7. The van der Waals surface area contributed by atoms with Gasteiger partial charge in [-0.1, -0.05) is 12.1 Å². The lowest BCUT2D eigenvalue weighted by Gasteiger charge is -2.26. The minimum Gasteiger partial charge on any atom is -0.497 e. The summed E-state index contributed by atoms with van der Waals surface area (Å²) in [6, 6.07) is 7.62. The first-order valence-corrected chi connectivity index (χ1v) is 8.18. The van der Waals surface area contributed by atoms with Crippen molar-refractivity contribution in [2.75, 3.05) is 53.0 Å². The largest absolute Gasteiger partial charge is 0.497 e. The molecule has 0 atom stereocenters. The summed E-state index contributed by atoms with van der Waals surface area (Å²) in [7, 11) is 1.62. The molecule has 1 aliphatic rings. The van der Waals surface area contributed by atoms with Gasteiger partial charge in [0.25, 0.3) is 0 Å². The van der Waals surface area contributed by atoms with Gasteiger partial charge >= 0.3 is 11.8 Å². The Morgan fingerprint density at radius 2 is 1.71 bits per heavy atom. The van der Waals surface area contributed by atoms with Gasteiger partial charge < -0.3 is 20.1 Å². The molecule has 0 bridgehead atoms. The third kappa shape index (κ3) is 6.17. The van der Waals surface area contributed by atoms with E-state index >= 15 is 0 Å². The van der Waals surface area contributed by atoms with Gasteiger partial charge in [-0.05, 0) is 24.1 Å². The summed E-state index contributed by atoms with van der Waals surface area (Å²) in [6.07, 6.45) is 0.663. The Balaban J connectivity index is 1.59. The number of nitrogens with one attached hydrogen (secondary N) is 2. The average molecular weight is 335 g/mol. The predicted octanol–water partition coefficient (Wildman–Crippen LogP) is -0.198. The van der Waals surface area contributed by atoms with E-state index < -0.39 is 11.8 Å². The van der Waals surface area contributed by atoms with Crippen LogP contribution in [0, 0.1) is 0 Å². The molecule has 2 amide bonds. The Morgan fingerprint density at radius 3 is 2.33 bits per heavy atom. The van der Waals surface area contributed by atoms with E-state index in [1.165, 1.54) is 0 Å². The molecule has 1 heterocycles. The molecule has 1 aromatic carbocycles. The van der Waals surface area contributed by atoms with E-state index in [0.717, 1.165) is 44.2 Å². The minimum atomic E-state index is -0.592. The molecule has 0 unspecified atom stereocenters. The SMILES string of the molecule is COc1ccc(CCNC(=O)C(=O)NCCN2CCOCC2)cc1. The fourth-order valence-electron chi connectivity index (χ4n) is 2.43. The maximum atomic E-state index is 11.7. The molecule has 7 heteroatoms. The van der Waals surface area contributed by atoms with Crippen molar-refractivity contribution in [1.29, 1.82) is 0 Å². The van der Waals surface area contributed by atoms with Crippen LogP contribution in [0.4, 0.5) is 0 Å². The first-order chi connectivity index (χ1) is 11.7. The van der Waals surface area contributed by atoms with Gasteiger partial charge in [-0.15, -0.1) is 0 Å². The van der Waals surface area contributed by atoms with Gasteiger partial charge in [-0.3, -0.25) is 14.5 Å². The lowest BCUT2D eigenvalue weighted by Crippen LogP contribution is -2.45. The van der Waals surface area contributed by atoms with Gasteiger partial charge in [0.15, 0.2) is 0 Å².